The zero-order valence-corrected chi connectivity index (χ0v) is 32.1. The smallest absolute Gasteiger partial charge is 0.463 e. The van der Waals surface area contributed by atoms with E-state index in [-0.39, 0.29) is 25.7 Å². The first kappa shape index (κ1) is 47.0. The second kappa shape index (κ2) is 35.8. The standard InChI is InChI=1S/C38H76NO8P/c1-3-5-7-9-11-13-14-15-16-17-18-19-20-21-22-23-25-27-29-31-38(42)45-34-36(40)35-47-48(43,44)46-33-32-39-37(41)30-28-26-24-12-10-8-6-4-2/h36,40H,3-35H2,1-2H3,(H,39,41)(H,43,44). The van der Waals surface area contributed by atoms with Crippen molar-refractivity contribution in [2.45, 2.75) is 206 Å². The summed E-state index contributed by atoms with van der Waals surface area (Å²) >= 11 is 0. The number of aliphatic hydroxyl groups excluding tert-OH is 1. The number of hydrogen-bond acceptors (Lipinski definition) is 7. The highest BCUT2D eigenvalue weighted by Gasteiger charge is 2.23. The van der Waals surface area contributed by atoms with Crippen molar-refractivity contribution in [3.63, 3.8) is 0 Å². The van der Waals surface area contributed by atoms with Gasteiger partial charge in [-0.1, -0.05) is 174 Å². The van der Waals surface area contributed by atoms with Crippen LogP contribution in [0.2, 0.25) is 0 Å². The molecule has 0 saturated heterocycles. The number of esters is 1. The van der Waals surface area contributed by atoms with Crippen LogP contribution in [-0.4, -0.2) is 54.3 Å². The molecule has 0 aliphatic carbocycles. The number of carbonyl (C=O) groups excluding carboxylic acids is 2. The van der Waals surface area contributed by atoms with E-state index in [1.165, 1.54) is 135 Å². The van der Waals surface area contributed by atoms with Crippen LogP contribution in [0.1, 0.15) is 200 Å². The average Bonchev–Trinajstić information content (AvgIpc) is 3.07. The molecular weight excluding hydrogens is 629 g/mol. The first-order valence-corrected chi connectivity index (χ1v) is 21.5. The van der Waals surface area contributed by atoms with Crippen LogP contribution >= 0.6 is 7.82 Å². The van der Waals surface area contributed by atoms with Gasteiger partial charge < -0.3 is 20.1 Å². The van der Waals surface area contributed by atoms with Crippen molar-refractivity contribution in [2.24, 2.45) is 0 Å². The van der Waals surface area contributed by atoms with Crippen molar-refractivity contribution in [1.29, 1.82) is 0 Å². The Morgan fingerprint density at radius 3 is 1.35 bits per heavy atom. The van der Waals surface area contributed by atoms with E-state index in [0.29, 0.717) is 12.8 Å². The van der Waals surface area contributed by atoms with E-state index in [0.717, 1.165) is 38.5 Å². The van der Waals surface area contributed by atoms with Crippen LogP contribution in [0.4, 0.5) is 0 Å². The summed E-state index contributed by atoms with van der Waals surface area (Å²) in [6.07, 6.45) is 33.3. The minimum Gasteiger partial charge on any atom is -0.463 e. The normalized spacial score (nSPS) is 13.3. The Morgan fingerprint density at radius 2 is 0.938 bits per heavy atom. The van der Waals surface area contributed by atoms with Crippen LogP contribution in [0.3, 0.4) is 0 Å². The van der Waals surface area contributed by atoms with E-state index in [4.69, 9.17) is 13.8 Å². The van der Waals surface area contributed by atoms with Crippen LogP contribution in [0.25, 0.3) is 0 Å². The summed E-state index contributed by atoms with van der Waals surface area (Å²) in [5, 5.41) is 12.6. The molecule has 0 rings (SSSR count). The molecule has 0 aliphatic rings. The van der Waals surface area contributed by atoms with Gasteiger partial charge in [0.15, 0.2) is 0 Å². The number of aliphatic hydroxyl groups is 1. The first-order chi connectivity index (χ1) is 23.3. The largest absolute Gasteiger partial charge is 0.472 e. The van der Waals surface area contributed by atoms with Crippen molar-refractivity contribution < 1.29 is 37.9 Å². The second-order valence-electron chi connectivity index (χ2n) is 13.6. The van der Waals surface area contributed by atoms with E-state index in [1.54, 1.807) is 0 Å². The van der Waals surface area contributed by atoms with Gasteiger partial charge in [-0.2, -0.15) is 0 Å². The predicted molar refractivity (Wildman–Crippen MR) is 197 cm³/mol. The molecule has 0 bridgehead atoms. The van der Waals surface area contributed by atoms with Gasteiger partial charge in [0.25, 0.3) is 0 Å². The average molecular weight is 706 g/mol. The molecular formula is C38H76NO8P. The summed E-state index contributed by atoms with van der Waals surface area (Å²) in [6, 6.07) is 0. The number of phosphoric ester groups is 1. The summed E-state index contributed by atoms with van der Waals surface area (Å²) in [6.45, 7) is 3.54. The molecule has 0 radical (unpaired) electrons. The molecule has 0 aromatic carbocycles. The topological polar surface area (TPSA) is 131 Å². The van der Waals surface area contributed by atoms with Gasteiger partial charge in [-0.15, -0.1) is 0 Å². The molecule has 1 amide bonds. The number of nitrogens with one attached hydrogen (secondary N) is 1. The van der Waals surface area contributed by atoms with Crippen LogP contribution in [0.15, 0.2) is 0 Å². The van der Waals surface area contributed by atoms with Crippen molar-refractivity contribution in [3.8, 4) is 0 Å². The Kier molecular flexibility index (Phi) is 35.1. The number of unbranched alkanes of at least 4 members (excludes halogenated alkanes) is 25. The van der Waals surface area contributed by atoms with Crippen molar-refractivity contribution in [2.75, 3.05) is 26.4 Å². The Morgan fingerprint density at radius 1 is 0.562 bits per heavy atom. The van der Waals surface area contributed by atoms with Crippen LogP contribution in [0, 0.1) is 0 Å². The number of phosphoric acid groups is 1. The molecule has 0 saturated carbocycles. The van der Waals surface area contributed by atoms with Gasteiger partial charge in [-0.3, -0.25) is 18.6 Å². The van der Waals surface area contributed by atoms with Gasteiger partial charge >= 0.3 is 13.8 Å². The van der Waals surface area contributed by atoms with Crippen molar-refractivity contribution in [3.05, 3.63) is 0 Å². The van der Waals surface area contributed by atoms with E-state index < -0.39 is 26.5 Å². The third-order valence-electron chi connectivity index (χ3n) is 8.79. The maximum absolute atomic E-state index is 12.0. The van der Waals surface area contributed by atoms with Crippen molar-refractivity contribution >= 4 is 19.7 Å². The van der Waals surface area contributed by atoms with Gasteiger partial charge in [0.2, 0.25) is 5.91 Å². The number of amides is 1. The van der Waals surface area contributed by atoms with E-state index >= 15 is 0 Å². The van der Waals surface area contributed by atoms with E-state index in [2.05, 4.69) is 19.2 Å². The molecule has 0 aliphatic heterocycles. The molecule has 0 spiro atoms. The number of hydrogen-bond donors (Lipinski definition) is 3. The van der Waals surface area contributed by atoms with Crippen LogP contribution in [0.5, 0.6) is 0 Å². The molecule has 2 atom stereocenters. The third-order valence-corrected chi connectivity index (χ3v) is 9.77. The van der Waals surface area contributed by atoms with Crippen molar-refractivity contribution in [1.82, 2.24) is 5.32 Å². The number of carbonyl (C=O) groups is 2. The van der Waals surface area contributed by atoms with Gasteiger partial charge in [-0.05, 0) is 12.8 Å². The summed E-state index contributed by atoms with van der Waals surface area (Å²) in [5.74, 6) is -0.511. The van der Waals surface area contributed by atoms with Gasteiger partial charge in [0.05, 0.1) is 13.2 Å². The minimum absolute atomic E-state index is 0.0867. The number of rotatable bonds is 38. The predicted octanol–water partition coefficient (Wildman–Crippen LogP) is 10.5. The molecule has 9 nitrogen and oxygen atoms in total. The quantitative estimate of drug-likeness (QED) is 0.0329. The SMILES string of the molecule is CCCCCCCCCCCCCCCCCCCCCC(=O)OCC(O)COP(=O)(O)OCCNC(=O)CCCCCCCCCC. The molecule has 3 N–H and O–H groups in total. The minimum atomic E-state index is -4.40. The fraction of sp³-hybridized carbons (Fsp3) is 0.947. The molecule has 0 heterocycles. The van der Waals surface area contributed by atoms with Crippen LogP contribution in [-0.2, 0) is 27.9 Å². The second-order valence-corrected chi connectivity index (χ2v) is 15.1. The Labute approximate surface area is 295 Å². The Hall–Kier alpha value is -0.990. The maximum Gasteiger partial charge on any atom is 0.472 e. The summed E-state index contributed by atoms with van der Waals surface area (Å²) in [5.41, 5.74) is 0. The molecule has 0 aromatic rings. The number of ether oxygens (including phenoxy) is 1. The Balaban J connectivity index is 3.54. The monoisotopic (exact) mass is 706 g/mol. The zero-order chi connectivity index (χ0) is 35.4. The highest BCUT2D eigenvalue weighted by atomic mass is 31.2. The van der Waals surface area contributed by atoms with Gasteiger partial charge in [0, 0.05) is 19.4 Å². The molecule has 0 fully saturated rings. The lowest BCUT2D eigenvalue weighted by atomic mass is 10.0. The lowest BCUT2D eigenvalue weighted by molar-refractivity contribution is -0.147. The summed E-state index contributed by atoms with van der Waals surface area (Å²) in [4.78, 5) is 33.7. The molecule has 48 heavy (non-hydrogen) atoms. The van der Waals surface area contributed by atoms with Gasteiger partial charge in [-0.25, -0.2) is 4.57 Å². The Bertz CT molecular complexity index is 769. The third kappa shape index (κ3) is 36.3. The fourth-order valence-electron chi connectivity index (χ4n) is 5.73. The van der Waals surface area contributed by atoms with E-state index in [9.17, 15) is 24.2 Å². The first-order valence-electron chi connectivity index (χ1n) is 20.0. The molecule has 2 unspecified atom stereocenters. The summed E-state index contributed by atoms with van der Waals surface area (Å²) < 4.78 is 26.7. The van der Waals surface area contributed by atoms with Gasteiger partial charge in [0.1, 0.15) is 12.7 Å². The molecule has 10 heteroatoms. The highest BCUT2D eigenvalue weighted by Crippen LogP contribution is 2.42. The lowest BCUT2D eigenvalue weighted by Crippen LogP contribution is -2.27. The van der Waals surface area contributed by atoms with E-state index in [1.807, 2.05) is 0 Å². The lowest BCUT2D eigenvalue weighted by Gasteiger charge is -2.15. The van der Waals surface area contributed by atoms with Crippen LogP contribution < -0.4 is 5.32 Å². The molecule has 0 aromatic heterocycles. The zero-order valence-electron chi connectivity index (χ0n) is 31.2. The maximum atomic E-state index is 12.0. The summed E-state index contributed by atoms with van der Waals surface area (Å²) in [7, 11) is -4.40. The highest BCUT2D eigenvalue weighted by molar-refractivity contribution is 7.47. The molecule has 286 valence electrons. The fourth-order valence-corrected chi connectivity index (χ4v) is 6.49.